The second-order valence-electron chi connectivity index (χ2n) is 6.31. The number of nitrogens with one attached hydrogen (secondary N) is 2. The van der Waals surface area contributed by atoms with E-state index in [9.17, 15) is 8.42 Å². The summed E-state index contributed by atoms with van der Waals surface area (Å²) in [5.74, 6) is 0. The van der Waals surface area contributed by atoms with E-state index in [-0.39, 0.29) is 11.3 Å². The number of hydrogen-bond donors (Lipinski definition) is 2. The highest BCUT2D eigenvalue weighted by Gasteiger charge is 2.41. The Hall–Kier alpha value is -1.31. The lowest BCUT2D eigenvalue weighted by Gasteiger charge is -2.33. The SMILES string of the molecule is O=S(=O)(C1CC1)N1CCCC(Nc2c(Cl)cnc3[nH]ccc23)C1. The van der Waals surface area contributed by atoms with E-state index in [0.29, 0.717) is 18.1 Å². The minimum Gasteiger partial charge on any atom is -0.379 e. The third kappa shape index (κ3) is 2.81. The molecule has 3 heterocycles. The molecule has 1 aliphatic carbocycles. The summed E-state index contributed by atoms with van der Waals surface area (Å²) >= 11 is 6.30. The van der Waals surface area contributed by atoms with Crippen molar-refractivity contribution < 1.29 is 8.42 Å². The van der Waals surface area contributed by atoms with Crippen molar-refractivity contribution in [1.82, 2.24) is 14.3 Å². The zero-order valence-corrected chi connectivity index (χ0v) is 14.2. The van der Waals surface area contributed by atoms with Crippen molar-refractivity contribution in [2.45, 2.75) is 37.0 Å². The number of aromatic amines is 1. The van der Waals surface area contributed by atoms with Crippen molar-refractivity contribution in [3.05, 3.63) is 23.5 Å². The quantitative estimate of drug-likeness (QED) is 0.884. The molecule has 124 valence electrons. The van der Waals surface area contributed by atoms with Crippen molar-refractivity contribution in [2.24, 2.45) is 0 Å². The molecule has 0 amide bonds. The highest BCUT2D eigenvalue weighted by molar-refractivity contribution is 7.90. The van der Waals surface area contributed by atoms with Crippen molar-refractivity contribution in [3.8, 4) is 0 Å². The molecule has 2 N–H and O–H groups in total. The van der Waals surface area contributed by atoms with Crippen LogP contribution < -0.4 is 5.32 Å². The van der Waals surface area contributed by atoms with E-state index in [1.807, 2.05) is 12.3 Å². The molecule has 2 aromatic rings. The van der Waals surface area contributed by atoms with Gasteiger partial charge in [0, 0.05) is 30.7 Å². The molecule has 1 saturated carbocycles. The molecule has 4 rings (SSSR count). The van der Waals surface area contributed by atoms with E-state index in [1.54, 1.807) is 10.5 Å². The van der Waals surface area contributed by atoms with Crippen molar-refractivity contribution >= 4 is 38.3 Å². The van der Waals surface area contributed by atoms with Crippen LogP contribution in [-0.2, 0) is 10.0 Å². The van der Waals surface area contributed by atoms with Gasteiger partial charge in [-0.3, -0.25) is 0 Å². The second-order valence-corrected chi connectivity index (χ2v) is 8.93. The molecular formula is C15H19ClN4O2S. The first-order chi connectivity index (χ1) is 11.1. The number of hydrogen-bond acceptors (Lipinski definition) is 4. The van der Waals surface area contributed by atoms with Gasteiger partial charge in [-0.15, -0.1) is 0 Å². The molecule has 1 unspecified atom stereocenters. The maximum Gasteiger partial charge on any atom is 0.217 e. The zero-order chi connectivity index (χ0) is 16.0. The van der Waals surface area contributed by atoms with Gasteiger partial charge in [-0.1, -0.05) is 11.6 Å². The number of halogens is 1. The fourth-order valence-corrected chi connectivity index (χ4v) is 5.33. The molecule has 1 atom stereocenters. The molecule has 2 fully saturated rings. The highest BCUT2D eigenvalue weighted by atomic mass is 35.5. The largest absolute Gasteiger partial charge is 0.379 e. The van der Waals surface area contributed by atoms with E-state index < -0.39 is 10.0 Å². The van der Waals surface area contributed by atoms with Crippen LogP contribution in [0.1, 0.15) is 25.7 Å². The van der Waals surface area contributed by atoms with E-state index in [1.165, 1.54) is 0 Å². The molecule has 2 aliphatic rings. The Morgan fingerprint density at radius 3 is 2.96 bits per heavy atom. The Morgan fingerprint density at radius 1 is 1.35 bits per heavy atom. The number of pyridine rings is 1. The van der Waals surface area contributed by atoms with Gasteiger partial charge >= 0.3 is 0 Å². The smallest absolute Gasteiger partial charge is 0.217 e. The number of fused-ring (bicyclic) bond motifs is 1. The molecule has 8 heteroatoms. The van der Waals surface area contributed by atoms with Gasteiger partial charge in [-0.25, -0.2) is 13.4 Å². The van der Waals surface area contributed by atoms with Gasteiger partial charge in [0.15, 0.2) is 0 Å². The monoisotopic (exact) mass is 354 g/mol. The van der Waals surface area contributed by atoms with Crippen LogP contribution in [0.4, 0.5) is 5.69 Å². The summed E-state index contributed by atoms with van der Waals surface area (Å²) in [6.07, 6.45) is 6.84. The fraction of sp³-hybridized carbons (Fsp3) is 0.533. The Balaban J connectivity index is 1.56. The molecule has 0 radical (unpaired) electrons. The maximum absolute atomic E-state index is 12.4. The number of anilines is 1. The van der Waals surface area contributed by atoms with Crippen molar-refractivity contribution in [3.63, 3.8) is 0 Å². The van der Waals surface area contributed by atoms with Crippen LogP contribution in [0.5, 0.6) is 0 Å². The number of sulfonamides is 1. The molecule has 6 nitrogen and oxygen atoms in total. The first kappa shape index (κ1) is 15.2. The Kier molecular flexibility index (Phi) is 3.74. The van der Waals surface area contributed by atoms with Crippen LogP contribution in [0.25, 0.3) is 11.0 Å². The fourth-order valence-electron chi connectivity index (χ4n) is 3.20. The summed E-state index contributed by atoms with van der Waals surface area (Å²) in [5, 5.41) is 4.78. The topological polar surface area (TPSA) is 78.1 Å². The van der Waals surface area contributed by atoms with E-state index in [0.717, 1.165) is 42.4 Å². The summed E-state index contributed by atoms with van der Waals surface area (Å²) in [7, 11) is -3.11. The number of nitrogens with zero attached hydrogens (tertiary/aromatic N) is 2. The standard InChI is InChI=1S/C15H19ClN4O2S/c16-13-8-18-15-12(5-6-17-15)14(13)19-10-2-1-7-20(9-10)23(21,22)11-3-4-11/h5-6,8,10-11H,1-4,7,9H2,(H2,17,18,19). The maximum atomic E-state index is 12.4. The molecule has 23 heavy (non-hydrogen) atoms. The van der Waals surface area contributed by atoms with Gasteiger partial charge < -0.3 is 10.3 Å². The predicted octanol–water partition coefficient (Wildman–Crippen LogP) is 2.58. The van der Waals surface area contributed by atoms with Crippen LogP contribution in [-0.4, -0.2) is 47.1 Å². The number of aromatic nitrogens is 2. The third-order valence-electron chi connectivity index (χ3n) is 4.58. The average Bonchev–Trinajstić information content (AvgIpc) is 3.30. The third-order valence-corrected chi connectivity index (χ3v) is 7.23. The van der Waals surface area contributed by atoms with E-state index in [2.05, 4.69) is 15.3 Å². The average molecular weight is 355 g/mol. The van der Waals surface area contributed by atoms with Crippen LogP contribution in [0.3, 0.4) is 0 Å². The van der Waals surface area contributed by atoms with Crippen LogP contribution in [0, 0.1) is 0 Å². The normalized spacial score (nSPS) is 23.3. The van der Waals surface area contributed by atoms with Gasteiger partial charge in [0.2, 0.25) is 10.0 Å². The Morgan fingerprint density at radius 2 is 2.17 bits per heavy atom. The summed E-state index contributed by atoms with van der Waals surface area (Å²) in [4.78, 5) is 7.31. The second kappa shape index (κ2) is 5.65. The lowest BCUT2D eigenvalue weighted by atomic mass is 10.1. The summed E-state index contributed by atoms with van der Waals surface area (Å²) < 4.78 is 26.5. The van der Waals surface area contributed by atoms with Crippen molar-refractivity contribution in [1.29, 1.82) is 0 Å². The summed E-state index contributed by atoms with van der Waals surface area (Å²) in [6, 6.07) is 1.99. The van der Waals surface area contributed by atoms with Crippen LogP contribution in [0.2, 0.25) is 5.02 Å². The lowest BCUT2D eigenvalue weighted by Crippen LogP contribution is -2.46. The van der Waals surface area contributed by atoms with Gasteiger partial charge in [-0.05, 0) is 31.7 Å². The Bertz CT molecular complexity index is 831. The molecular weight excluding hydrogens is 336 g/mol. The molecule has 1 saturated heterocycles. The minimum absolute atomic E-state index is 0.0651. The molecule has 0 aromatic carbocycles. The minimum atomic E-state index is -3.11. The summed E-state index contributed by atoms with van der Waals surface area (Å²) in [5.41, 5.74) is 1.60. The van der Waals surface area contributed by atoms with Crippen molar-refractivity contribution in [2.75, 3.05) is 18.4 Å². The zero-order valence-electron chi connectivity index (χ0n) is 12.6. The van der Waals surface area contributed by atoms with E-state index >= 15 is 0 Å². The lowest BCUT2D eigenvalue weighted by molar-refractivity contribution is 0.326. The first-order valence-electron chi connectivity index (χ1n) is 7.93. The van der Waals surface area contributed by atoms with Gasteiger partial charge in [0.1, 0.15) is 5.65 Å². The number of H-pyrrole nitrogens is 1. The Labute approximate surface area is 140 Å². The molecule has 0 bridgehead atoms. The number of rotatable bonds is 4. The highest BCUT2D eigenvalue weighted by Crippen LogP contribution is 2.34. The number of piperidine rings is 1. The van der Waals surface area contributed by atoms with Gasteiger partial charge in [-0.2, -0.15) is 4.31 Å². The van der Waals surface area contributed by atoms with Gasteiger partial charge in [0.25, 0.3) is 0 Å². The molecule has 0 spiro atoms. The van der Waals surface area contributed by atoms with Crippen LogP contribution >= 0.6 is 11.6 Å². The van der Waals surface area contributed by atoms with E-state index in [4.69, 9.17) is 11.6 Å². The molecule has 1 aliphatic heterocycles. The van der Waals surface area contributed by atoms with Gasteiger partial charge in [0.05, 0.1) is 22.2 Å². The molecule has 2 aromatic heterocycles. The summed E-state index contributed by atoms with van der Waals surface area (Å²) in [6.45, 7) is 1.13. The first-order valence-corrected chi connectivity index (χ1v) is 9.81. The predicted molar refractivity (Wildman–Crippen MR) is 91.3 cm³/mol. The van der Waals surface area contributed by atoms with Crippen LogP contribution in [0.15, 0.2) is 18.5 Å².